The van der Waals surface area contributed by atoms with Crippen molar-refractivity contribution >= 4 is 21.9 Å². The molecule has 0 aliphatic heterocycles. The molecule has 0 radical (unpaired) electrons. The fourth-order valence-corrected chi connectivity index (χ4v) is 1.69. The third kappa shape index (κ3) is 2.94. The van der Waals surface area contributed by atoms with Crippen molar-refractivity contribution in [2.24, 2.45) is 0 Å². The molecule has 0 amide bonds. The van der Waals surface area contributed by atoms with Gasteiger partial charge in [0.15, 0.2) is 0 Å². The van der Waals surface area contributed by atoms with Crippen LogP contribution in [-0.4, -0.2) is 26.5 Å². The van der Waals surface area contributed by atoms with Gasteiger partial charge in [0.25, 0.3) is 10.2 Å². The summed E-state index contributed by atoms with van der Waals surface area (Å²) in [4.78, 5) is 10.9. The molecule has 0 spiro atoms. The third-order valence-electron chi connectivity index (χ3n) is 1.92. The molecule has 1 aromatic rings. The first kappa shape index (κ1) is 12.5. The van der Waals surface area contributed by atoms with Gasteiger partial charge in [-0.05, 0) is 19.1 Å². The molecule has 0 aromatic heterocycles. The monoisotopic (exact) mass is 244 g/mol. The van der Waals surface area contributed by atoms with Crippen molar-refractivity contribution in [2.45, 2.75) is 6.92 Å². The molecule has 0 bridgehead atoms. The van der Waals surface area contributed by atoms with Crippen molar-refractivity contribution in [3.05, 3.63) is 29.3 Å². The lowest BCUT2D eigenvalue weighted by Crippen LogP contribution is -2.27. The van der Waals surface area contributed by atoms with Gasteiger partial charge in [-0.3, -0.25) is 4.72 Å². The molecule has 0 saturated heterocycles. The molecule has 6 nitrogen and oxygen atoms in total. The van der Waals surface area contributed by atoms with Crippen molar-refractivity contribution in [3.8, 4) is 0 Å². The maximum atomic E-state index is 11.2. The number of carboxylic acids is 1. The molecule has 1 rings (SSSR count). The van der Waals surface area contributed by atoms with Crippen molar-refractivity contribution in [1.29, 1.82) is 0 Å². The van der Waals surface area contributed by atoms with E-state index in [1.165, 1.54) is 19.2 Å². The molecule has 0 fully saturated rings. The van der Waals surface area contributed by atoms with Crippen LogP contribution in [0.15, 0.2) is 18.2 Å². The number of hydrogen-bond donors (Lipinski definition) is 3. The van der Waals surface area contributed by atoms with Gasteiger partial charge in [-0.1, -0.05) is 11.6 Å². The van der Waals surface area contributed by atoms with Crippen LogP contribution < -0.4 is 9.44 Å². The van der Waals surface area contributed by atoms with Crippen LogP contribution in [0.1, 0.15) is 15.9 Å². The summed E-state index contributed by atoms with van der Waals surface area (Å²) in [6, 6.07) is 4.43. The van der Waals surface area contributed by atoms with Gasteiger partial charge in [-0.25, -0.2) is 9.52 Å². The summed E-state index contributed by atoms with van der Waals surface area (Å²) in [6.45, 7) is 1.72. The van der Waals surface area contributed by atoms with E-state index in [0.717, 1.165) is 5.56 Å². The molecule has 16 heavy (non-hydrogen) atoms. The van der Waals surface area contributed by atoms with Crippen LogP contribution >= 0.6 is 0 Å². The quantitative estimate of drug-likeness (QED) is 0.721. The SMILES string of the molecule is CNS(=O)(=O)Nc1ccc(C)cc1C(=O)O. The average Bonchev–Trinajstić information content (AvgIpc) is 2.20. The zero-order valence-electron chi connectivity index (χ0n) is 8.81. The Hall–Kier alpha value is -1.60. The lowest BCUT2D eigenvalue weighted by Gasteiger charge is -2.09. The van der Waals surface area contributed by atoms with Crippen molar-refractivity contribution in [1.82, 2.24) is 4.72 Å². The fourth-order valence-electron chi connectivity index (χ4n) is 1.12. The maximum absolute atomic E-state index is 11.2. The van der Waals surface area contributed by atoms with E-state index in [2.05, 4.69) is 4.72 Å². The van der Waals surface area contributed by atoms with E-state index in [-0.39, 0.29) is 11.3 Å². The van der Waals surface area contributed by atoms with Crippen LogP contribution in [0.2, 0.25) is 0 Å². The Morgan fingerprint density at radius 2 is 2.00 bits per heavy atom. The lowest BCUT2D eigenvalue weighted by atomic mass is 10.1. The average molecular weight is 244 g/mol. The summed E-state index contributed by atoms with van der Waals surface area (Å²) >= 11 is 0. The third-order valence-corrected chi connectivity index (χ3v) is 2.94. The van der Waals surface area contributed by atoms with Crippen LogP contribution in [0.4, 0.5) is 5.69 Å². The zero-order valence-corrected chi connectivity index (χ0v) is 9.63. The summed E-state index contributed by atoms with van der Waals surface area (Å²) in [7, 11) is -2.47. The summed E-state index contributed by atoms with van der Waals surface area (Å²) in [5, 5.41) is 8.90. The molecule has 3 N–H and O–H groups in total. The Morgan fingerprint density at radius 1 is 1.38 bits per heavy atom. The van der Waals surface area contributed by atoms with Gasteiger partial charge in [0.1, 0.15) is 0 Å². The second-order valence-corrected chi connectivity index (χ2v) is 4.78. The van der Waals surface area contributed by atoms with E-state index in [1.807, 2.05) is 4.72 Å². The predicted molar refractivity (Wildman–Crippen MR) is 59.7 cm³/mol. The Bertz CT molecular complexity index is 510. The molecular formula is C9H12N2O4S. The lowest BCUT2D eigenvalue weighted by molar-refractivity contribution is 0.0698. The minimum Gasteiger partial charge on any atom is -0.478 e. The first-order valence-electron chi connectivity index (χ1n) is 4.41. The van der Waals surface area contributed by atoms with Crippen LogP contribution in [0, 0.1) is 6.92 Å². The largest absolute Gasteiger partial charge is 0.478 e. The topological polar surface area (TPSA) is 95.5 Å². The van der Waals surface area contributed by atoms with E-state index < -0.39 is 16.2 Å². The fraction of sp³-hybridized carbons (Fsp3) is 0.222. The highest BCUT2D eigenvalue weighted by molar-refractivity contribution is 7.90. The van der Waals surface area contributed by atoms with Gasteiger partial charge < -0.3 is 5.11 Å². The second kappa shape index (κ2) is 4.50. The number of nitrogens with one attached hydrogen (secondary N) is 2. The van der Waals surface area contributed by atoms with Crippen molar-refractivity contribution in [3.63, 3.8) is 0 Å². The second-order valence-electron chi connectivity index (χ2n) is 3.16. The summed E-state index contributed by atoms with van der Waals surface area (Å²) in [6.07, 6.45) is 0. The maximum Gasteiger partial charge on any atom is 0.337 e. The van der Waals surface area contributed by atoms with Crippen LogP contribution in [0.3, 0.4) is 0 Å². The van der Waals surface area contributed by atoms with E-state index in [9.17, 15) is 13.2 Å². The number of aryl methyl sites for hydroxylation is 1. The predicted octanol–water partition coefficient (Wildman–Crippen LogP) is 0.569. The van der Waals surface area contributed by atoms with Gasteiger partial charge in [-0.2, -0.15) is 8.42 Å². The summed E-state index contributed by atoms with van der Waals surface area (Å²) in [5.74, 6) is -1.18. The zero-order chi connectivity index (χ0) is 12.3. The van der Waals surface area contributed by atoms with Gasteiger partial charge >= 0.3 is 5.97 Å². The van der Waals surface area contributed by atoms with Crippen molar-refractivity contribution < 1.29 is 18.3 Å². The number of rotatable bonds is 4. The Morgan fingerprint density at radius 3 is 2.50 bits per heavy atom. The molecule has 0 heterocycles. The first-order chi connectivity index (χ1) is 7.35. The van der Waals surface area contributed by atoms with E-state index >= 15 is 0 Å². The van der Waals surface area contributed by atoms with Gasteiger partial charge in [0.05, 0.1) is 11.3 Å². The van der Waals surface area contributed by atoms with Gasteiger partial charge in [-0.15, -0.1) is 0 Å². The Labute approximate surface area is 93.5 Å². The van der Waals surface area contributed by atoms with Gasteiger partial charge in [0, 0.05) is 7.05 Å². The van der Waals surface area contributed by atoms with Gasteiger partial charge in [0.2, 0.25) is 0 Å². The highest BCUT2D eigenvalue weighted by Gasteiger charge is 2.14. The highest BCUT2D eigenvalue weighted by Crippen LogP contribution is 2.18. The molecule has 88 valence electrons. The number of hydrogen-bond acceptors (Lipinski definition) is 3. The first-order valence-corrected chi connectivity index (χ1v) is 5.89. The summed E-state index contributed by atoms with van der Waals surface area (Å²) in [5.41, 5.74) is 0.691. The van der Waals surface area contributed by atoms with Crippen LogP contribution in [0.5, 0.6) is 0 Å². The molecule has 0 aliphatic carbocycles. The molecule has 0 atom stereocenters. The van der Waals surface area contributed by atoms with E-state index in [0.29, 0.717) is 0 Å². The minimum absolute atomic E-state index is 0.0347. The van der Waals surface area contributed by atoms with Crippen LogP contribution in [-0.2, 0) is 10.2 Å². The Kier molecular flexibility index (Phi) is 3.51. The Balaban J connectivity index is 3.19. The number of carboxylic acid groups (broad SMARTS) is 1. The molecule has 1 aromatic carbocycles. The number of benzene rings is 1. The number of carbonyl (C=O) groups is 1. The standard InChI is InChI=1S/C9H12N2O4S/c1-6-3-4-8(7(5-6)9(12)13)11-16(14,15)10-2/h3-5,10-11H,1-2H3,(H,12,13). The van der Waals surface area contributed by atoms with E-state index in [1.54, 1.807) is 13.0 Å². The minimum atomic E-state index is -3.70. The van der Waals surface area contributed by atoms with E-state index in [4.69, 9.17) is 5.11 Å². The van der Waals surface area contributed by atoms with Crippen molar-refractivity contribution in [2.75, 3.05) is 11.8 Å². The van der Waals surface area contributed by atoms with Crippen LogP contribution in [0.25, 0.3) is 0 Å². The molecule has 0 saturated carbocycles. The number of anilines is 1. The molecule has 0 unspecified atom stereocenters. The molecule has 7 heteroatoms. The highest BCUT2D eigenvalue weighted by atomic mass is 32.2. The smallest absolute Gasteiger partial charge is 0.337 e. The number of aromatic carboxylic acids is 1. The molecular weight excluding hydrogens is 232 g/mol. The normalized spacial score (nSPS) is 11.1. The summed E-state index contributed by atoms with van der Waals surface area (Å²) < 4.78 is 26.6. The molecule has 0 aliphatic rings.